The van der Waals surface area contributed by atoms with Gasteiger partial charge in [0.1, 0.15) is 0 Å². The summed E-state index contributed by atoms with van der Waals surface area (Å²) >= 11 is 0. The minimum atomic E-state index is 0.946. The van der Waals surface area contributed by atoms with Crippen LogP contribution >= 0.6 is 0 Å². The van der Waals surface area contributed by atoms with E-state index in [1.807, 2.05) is 0 Å². The van der Waals surface area contributed by atoms with Crippen LogP contribution in [0.5, 0.6) is 0 Å². The van der Waals surface area contributed by atoms with Gasteiger partial charge in [-0.2, -0.15) is 0 Å². The summed E-state index contributed by atoms with van der Waals surface area (Å²) in [6, 6.07) is 0.946. The molecule has 0 amide bonds. The molecule has 2 atom stereocenters. The van der Waals surface area contributed by atoms with Gasteiger partial charge < -0.3 is 4.90 Å². The molecule has 3 saturated carbocycles. The summed E-state index contributed by atoms with van der Waals surface area (Å²) in [7, 11) is 0. The van der Waals surface area contributed by atoms with Crippen molar-refractivity contribution in [2.45, 2.75) is 84.1 Å². The SMILES string of the molecule is CCC(C1CCC1)C(CN(CC)C1CCC1)C1CCC1. The van der Waals surface area contributed by atoms with Crippen LogP contribution in [0, 0.1) is 23.7 Å². The van der Waals surface area contributed by atoms with E-state index in [-0.39, 0.29) is 0 Å². The van der Waals surface area contributed by atoms with Crippen molar-refractivity contribution in [2.24, 2.45) is 23.7 Å². The van der Waals surface area contributed by atoms with E-state index in [1.165, 1.54) is 77.3 Å². The summed E-state index contributed by atoms with van der Waals surface area (Å²) in [5.41, 5.74) is 0. The molecule has 0 bridgehead atoms. The molecule has 0 spiro atoms. The van der Waals surface area contributed by atoms with Gasteiger partial charge in [-0.15, -0.1) is 0 Å². The third kappa shape index (κ3) is 2.93. The zero-order valence-corrected chi connectivity index (χ0v) is 13.8. The van der Waals surface area contributed by atoms with Crippen molar-refractivity contribution in [3.63, 3.8) is 0 Å². The molecule has 3 rings (SSSR count). The summed E-state index contributed by atoms with van der Waals surface area (Å²) in [5, 5.41) is 0. The molecule has 0 N–H and O–H groups in total. The Balaban J connectivity index is 1.64. The lowest BCUT2D eigenvalue weighted by atomic mass is 9.62. The summed E-state index contributed by atoms with van der Waals surface area (Å²) < 4.78 is 0. The first-order valence-electron chi connectivity index (χ1n) is 9.57. The Morgan fingerprint density at radius 3 is 1.70 bits per heavy atom. The van der Waals surface area contributed by atoms with Gasteiger partial charge in [0.25, 0.3) is 0 Å². The van der Waals surface area contributed by atoms with E-state index in [4.69, 9.17) is 0 Å². The predicted octanol–water partition coefficient (Wildman–Crippen LogP) is 5.10. The molecule has 0 heterocycles. The van der Waals surface area contributed by atoms with Gasteiger partial charge >= 0.3 is 0 Å². The maximum Gasteiger partial charge on any atom is 0.00952 e. The first-order valence-corrected chi connectivity index (χ1v) is 9.57. The van der Waals surface area contributed by atoms with Gasteiger partial charge in [-0.05, 0) is 43.1 Å². The zero-order valence-electron chi connectivity index (χ0n) is 13.8. The van der Waals surface area contributed by atoms with Crippen LogP contribution in [0.1, 0.15) is 78.1 Å². The standard InChI is InChI=1S/C19H35N/c1-3-18(15-8-5-9-15)19(16-10-6-11-16)14-20(4-2)17-12-7-13-17/h15-19H,3-14H2,1-2H3. The molecule has 0 aromatic heterocycles. The lowest BCUT2D eigenvalue weighted by Gasteiger charge is -2.48. The Hall–Kier alpha value is -0.0400. The molecule has 3 fully saturated rings. The van der Waals surface area contributed by atoms with Gasteiger partial charge in [-0.3, -0.25) is 0 Å². The Kier molecular flexibility index (Phi) is 5.07. The number of rotatable bonds is 8. The highest BCUT2D eigenvalue weighted by Gasteiger charge is 2.39. The molecule has 3 aliphatic carbocycles. The van der Waals surface area contributed by atoms with E-state index in [2.05, 4.69) is 18.7 Å². The maximum atomic E-state index is 2.85. The Morgan fingerprint density at radius 2 is 1.35 bits per heavy atom. The molecule has 0 saturated heterocycles. The van der Waals surface area contributed by atoms with E-state index in [0.29, 0.717) is 0 Å². The van der Waals surface area contributed by atoms with E-state index < -0.39 is 0 Å². The average molecular weight is 277 g/mol. The molecule has 0 aliphatic heterocycles. The van der Waals surface area contributed by atoms with Crippen molar-refractivity contribution >= 4 is 0 Å². The molecule has 0 aromatic rings. The topological polar surface area (TPSA) is 3.24 Å². The summed E-state index contributed by atoms with van der Waals surface area (Å²) in [6.45, 7) is 7.57. The van der Waals surface area contributed by atoms with Crippen LogP contribution in [0.2, 0.25) is 0 Å². The fraction of sp³-hybridized carbons (Fsp3) is 1.00. The van der Waals surface area contributed by atoms with Crippen LogP contribution in [0.4, 0.5) is 0 Å². The van der Waals surface area contributed by atoms with Gasteiger partial charge in [0, 0.05) is 12.6 Å². The second-order valence-corrected chi connectivity index (χ2v) is 7.79. The second kappa shape index (κ2) is 6.81. The molecule has 3 aliphatic rings. The van der Waals surface area contributed by atoms with Crippen LogP contribution in [-0.2, 0) is 0 Å². The lowest BCUT2D eigenvalue weighted by molar-refractivity contribution is 0.0160. The van der Waals surface area contributed by atoms with Gasteiger partial charge in [-0.1, -0.05) is 65.2 Å². The molecular weight excluding hydrogens is 242 g/mol. The number of nitrogens with zero attached hydrogens (tertiary/aromatic N) is 1. The van der Waals surface area contributed by atoms with Crippen LogP contribution < -0.4 is 0 Å². The van der Waals surface area contributed by atoms with E-state index in [0.717, 1.165) is 29.7 Å². The van der Waals surface area contributed by atoms with Crippen LogP contribution in [-0.4, -0.2) is 24.0 Å². The highest BCUT2D eigenvalue weighted by Crippen LogP contribution is 2.46. The van der Waals surface area contributed by atoms with Crippen molar-refractivity contribution in [3.8, 4) is 0 Å². The highest BCUT2D eigenvalue weighted by molar-refractivity contribution is 4.91. The Bertz CT molecular complexity index is 288. The van der Waals surface area contributed by atoms with Gasteiger partial charge in [0.05, 0.1) is 0 Å². The van der Waals surface area contributed by atoms with Crippen molar-refractivity contribution in [2.75, 3.05) is 13.1 Å². The summed E-state index contributed by atoms with van der Waals surface area (Å²) in [6.07, 6.45) is 15.1. The minimum Gasteiger partial charge on any atom is -0.300 e. The average Bonchev–Trinajstić information content (AvgIpc) is 2.26. The van der Waals surface area contributed by atoms with E-state index >= 15 is 0 Å². The molecule has 0 aromatic carbocycles. The largest absolute Gasteiger partial charge is 0.300 e. The van der Waals surface area contributed by atoms with Crippen LogP contribution in [0.25, 0.3) is 0 Å². The quantitative estimate of drug-likeness (QED) is 0.596. The normalized spacial score (nSPS) is 27.8. The third-order valence-corrected chi connectivity index (χ3v) is 6.97. The Labute approximate surface area is 126 Å². The van der Waals surface area contributed by atoms with Crippen molar-refractivity contribution in [1.82, 2.24) is 4.90 Å². The highest BCUT2D eigenvalue weighted by atomic mass is 15.2. The van der Waals surface area contributed by atoms with E-state index in [9.17, 15) is 0 Å². The van der Waals surface area contributed by atoms with Crippen molar-refractivity contribution in [3.05, 3.63) is 0 Å². The van der Waals surface area contributed by atoms with Crippen LogP contribution in [0.15, 0.2) is 0 Å². The predicted molar refractivity (Wildman–Crippen MR) is 86.8 cm³/mol. The van der Waals surface area contributed by atoms with Crippen LogP contribution in [0.3, 0.4) is 0 Å². The third-order valence-electron chi connectivity index (χ3n) is 6.97. The minimum absolute atomic E-state index is 0.946. The molecule has 1 nitrogen and oxygen atoms in total. The molecular formula is C19H35N. The van der Waals surface area contributed by atoms with Gasteiger partial charge in [0.15, 0.2) is 0 Å². The Morgan fingerprint density at radius 1 is 0.800 bits per heavy atom. The monoisotopic (exact) mass is 277 g/mol. The fourth-order valence-corrected chi connectivity index (χ4v) is 4.91. The second-order valence-electron chi connectivity index (χ2n) is 7.79. The van der Waals surface area contributed by atoms with Gasteiger partial charge in [0.2, 0.25) is 0 Å². The van der Waals surface area contributed by atoms with Crippen molar-refractivity contribution < 1.29 is 0 Å². The molecule has 20 heavy (non-hydrogen) atoms. The summed E-state index contributed by atoms with van der Waals surface area (Å²) in [4.78, 5) is 2.85. The van der Waals surface area contributed by atoms with Gasteiger partial charge in [-0.25, -0.2) is 0 Å². The number of hydrogen-bond donors (Lipinski definition) is 0. The van der Waals surface area contributed by atoms with Crippen molar-refractivity contribution in [1.29, 1.82) is 0 Å². The first kappa shape index (κ1) is 14.9. The maximum absolute atomic E-state index is 2.85. The lowest BCUT2D eigenvalue weighted by Crippen LogP contribution is -2.47. The smallest absolute Gasteiger partial charge is 0.00952 e. The number of hydrogen-bond acceptors (Lipinski definition) is 1. The fourth-order valence-electron chi connectivity index (χ4n) is 4.91. The van der Waals surface area contributed by atoms with E-state index in [1.54, 1.807) is 0 Å². The molecule has 116 valence electrons. The molecule has 1 heteroatoms. The first-order chi connectivity index (χ1) is 9.83. The summed E-state index contributed by atoms with van der Waals surface area (Å²) in [5.74, 6) is 4.24. The molecule has 0 radical (unpaired) electrons. The molecule has 2 unspecified atom stereocenters. The zero-order chi connectivity index (χ0) is 13.9.